The van der Waals surface area contributed by atoms with Crippen molar-refractivity contribution in [3.8, 4) is 0 Å². The lowest BCUT2D eigenvalue weighted by Gasteiger charge is -2.39. The second kappa shape index (κ2) is 8.65. The number of anilines is 1. The SMILES string of the molecule is CC1(C)CCC(c2ccccc2)=C(CN2CCN(c3ccc(C(=O)O)cc3)CC2)C1. The van der Waals surface area contributed by atoms with Crippen LogP contribution in [0.15, 0.2) is 60.2 Å². The Morgan fingerprint density at radius 3 is 2.27 bits per heavy atom. The molecule has 0 spiro atoms. The van der Waals surface area contributed by atoms with Crippen molar-refractivity contribution in [1.82, 2.24) is 4.90 Å². The van der Waals surface area contributed by atoms with E-state index < -0.39 is 5.97 Å². The number of hydrogen-bond acceptors (Lipinski definition) is 3. The highest BCUT2D eigenvalue weighted by Crippen LogP contribution is 2.42. The third-order valence-corrected chi connectivity index (χ3v) is 6.56. The summed E-state index contributed by atoms with van der Waals surface area (Å²) >= 11 is 0. The fourth-order valence-corrected chi connectivity index (χ4v) is 4.80. The van der Waals surface area contributed by atoms with Gasteiger partial charge >= 0.3 is 5.97 Å². The highest BCUT2D eigenvalue weighted by atomic mass is 16.4. The van der Waals surface area contributed by atoms with Crippen LogP contribution in [-0.4, -0.2) is 48.7 Å². The Hall–Kier alpha value is -2.59. The molecule has 2 aromatic carbocycles. The summed E-state index contributed by atoms with van der Waals surface area (Å²) in [5.41, 5.74) is 6.39. The van der Waals surface area contributed by atoms with Gasteiger partial charge in [0.05, 0.1) is 5.56 Å². The number of carboxylic acid groups (broad SMARTS) is 1. The van der Waals surface area contributed by atoms with Crippen molar-refractivity contribution in [3.63, 3.8) is 0 Å². The molecule has 1 saturated heterocycles. The third kappa shape index (κ3) is 4.76. The molecule has 30 heavy (non-hydrogen) atoms. The molecule has 0 atom stereocenters. The number of piperazine rings is 1. The van der Waals surface area contributed by atoms with Gasteiger partial charge in [-0.25, -0.2) is 4.79 Å². The quantitative estimate of drug-likeness (QED) is 0.747. The maximum atomic E-state index is 11.1. The summed E-state index contributed by atoms with van der Waals surface area (Å²) in [6.07, 6.45) is 3.59. The standard InChI is InChI=1S/C26H32N2O2/c1-26(2)13-12-24(20-6-4-3-5-7-20)22(18-26)19-27-14-16-28(17-15-27)23-10-8-21(9-11-23)25(29)30/h3-11H,12-19H2,1-2H3,(H,29,30). The third-order valence-electron chi connectivity index (χ3n) is 6.56. The minimum atomic E-state index is -0.871. The Morgan fingerprint density at radius 2 is 1.63 bits per heavy atom. The van der Waals surface area contributed by atoms with Crippen LogP contribution in [0.5, 0.6) is 0 Å². The number of aromatic carboxylic acids is 1. The van der Waals surface area contributed by atoms with Gasteiger partial charge in [-0.1, -0.05) is 49.8 Å². The van der Waals surface area contributed by atoms with Gasteiger partial charge in [-0.05, 0) is 60.1 Å². The molecular formula is C26H32N2O2. The summed E-state index contributed by atoms with van der Waals surface area (Å²) in [4.78, 5) is 16.0. The Labute approximate surface area is 179 Å². The molecule has 1 fully saturated rings. The number of hydrogen-bond donors (Lipinski definition) is 1. The average molecular weight is 405 g/mol. The lowest BCUT2D eigenvalue weighted by Crippen LogP contribution is -2.47. The Bertz CT molecular complexity index is 908. The first-order valence-corrected chi connectivity index (χ1v) is 11.0. The monoisotopic (exact) mass is 404 g/mol. The first kappa shape index (κ1) is 20.7. The fraction of sp³-hybridized carbons (Fsp3) is 0.423. The summed E-state index contributed by atoms with van der Waals surface area (Å²) in [6.45, 7) is 9.87. The summed E-state index contributed by atoms with van der Waals surface area (Å²) in [7, 11) is 0. The zero-order valence-corrected chi connectivity index (χ0v) is 18.1. The van der Waals surface area contributed by atoms with Crippen LogP contribution < -0.4 is 4.90 Å². The molecule has 4 nitrogen and oxygen atoms in total. The zero-order valence-electron chi connectivity index (χ0n) is 18.1. The van der Waals surface area contributed by atoms with Gasteiger partial charge in [-0.2, -0.15) is 0 Å². The maximum absolute atomic E-state index is 11.1. The van der Waals surface area contributed by atoms with Crippen molar-refractivity contribution in [1.29, 1.82) is 0 Å². The second-order valence-electron chi connectivity index (χ2n) is 9.40. The molecule has 4 rings (SSSR count). The second-order valence-corrected chi connectivity index (χ2v) is 9.40. The van der Waals surface area contributed by atoms with Gasteiger partial charge in [-0.3, -0.25) is 4.90 Å². The molecule has 0 radical (unpaired) electrons. The Kier molecular flexibility index (Phi) is 5.96. The topological polar surface area (TPSA) is 43.8 Å². The molecule has 1 aliphatic heterocycles. The van der Waals surface area contributed by atoms with Gasteiger partial charge in [-0.15, -0.1) is 0 Å². The van der Waals surface area contributed by atoms with Gasteiger partial charge in [0.2, 0.25) is 0 Å². The summed E-state index contributed by atoms with van der Waals surface area (Å²) in [5, 5.41) is 9.09. The predicted molar refractivity (Wildman–Crippen MR) is 123 cm³/mol. The number of rotatable bonds is 5. The lowest BCUT2D eigenvalue weighted by molar-refractivity contribution is 0.0697. The normalized spacial score (nSPS) is 19.7. The first-order valence-electron chi connectivity index (χ1n) is 11.0. The van der Waals surface area contributed by atoms with Crippen LogP contribution in [0.3, 0.4) is 0 Å². The van der Waals surface area contributed by atoms with E-state index in [1.54, 1.807) is 23.3 Å². The van der Waals surface area contributed by atoms with Crippen LogP contribution in [0.1, 0.15) is 49.0 Å². The van der Waals surface area contributed by atoms with Crippen LogP contribution in [0.4, 0.5) is 5.69 Å². The predicted octanol–water partition coefficient (Wildman–Crippen LogP) is 5.17. The van der Waals surface area contributed by atoms with Crippen LogP contribution in [0, 0.1) is 5.41 Å². The van der Waals surface area contributed by atoms with E-state index in [9.17, 15) is 4.79 Å². The van der Waals surface area contributed by atoms with Gasteiger partial charge < -0.3 is 10.0 Å². The molecule has 1 heterocycles. The van der Waals surface area contributed by atoms with Gasteiger partial charge in [0.15, 0.2) is 0 Å². The molecule has 0 saturated carbocycles. The molecule has 0 unspecified atom stereocenters. The molecule has 0 bridgehead atoms. The molecule has 158 valence electrons. The molecule has 0 amide bonds. The zero-order chi connectivity index (χ0) is 21.1. The molecule has 1 aliphatic carbocycles. The lowest BCUT2D eigenvalue weighted by atomic mass is 9.73. The highest BCUT2D eigenvalue weighted by molar-refractivity contribution is 5.88. The summed E-state index contributed by atoms with van der Waals surface area (Å²) < 4.78 is 0. The van der Waals surface area contributed by atoms with Gasteiger partial charge in [0.1, 0.15) is 0 Å². The number of carbonyl (C=O) groups is 1. The average Bonchev–Trinajstić information content (AvgIpc) is 2.74. The molecular weight excluding hydrogens is 372 g/mol. The van der Waals surface area contributed by atoms with Crippen LogP contribution in [0.2, 0.25) is 0 Å². The van der Waals surface area contributed by atoms with E-state index in [0.717, 1.165) is 38.4 Å². The molecule has 2 aromatic rings. The highest BCUT2D eigenvalue weighted by Gasteiger charge is 2.29. The summed E-state index contributed by atoms with van der Waals surface area (Å²) in [6, 6.07) is 18.2. The number of benzene rings is 2. The van der Waals surface area contributed by atoms with Crippen molar-refractivity contribution in [2.45, 2.75) is 33.1 Å². The molecule has 2 aliphatic rings. The minimum Gasteiger partial charge on any atom is -0.478 e. The van der Waals surface area contributed by atoms with E-state index >= 15 is 0 Å². The van der Waals surface area contributed by atoms with Crippen molar-refractivity contribution in [2.24, 2.45) is 5.41 Å². The molecule has 4 heteroatoms. The Morgan fingerprint density at radius 1 is 0.967 bits per heavy atom. The number of carboxylic acids is 1. The Balaban J connectivity index is 1.44. The van der Waals surface area contributed by atoms with E-state index in [0.29, 0.717) is 11.0 Å². The molecule has 0 aromatic heterocycles. The van der Waals surface area contributed by atoms with E-state index in [4.69, 9.17) is 5.11 Å². The largest absolute Gasteiger partial charge is 0.478 e. The van der Waals surface area contributed by atoms with E-state index in [2.05, 4.69) is 54.0 Å². The van der Waals surface area contributed by atoms with Crippen LogP contribution >= 0.6 is 0 Å². The van der Waals surface area contributed by atoms with Crippen LogP contribution in [0.25, 0.3) is 5.57 Å². The summed E-state index contributed by atoms with van der Waals surface area (Å²) in [5.74, 6) is -0.871. The van der Waals surface area contributed by atoms with E-state index in [1.807, 2.05) is 12.1 Å². The van der Waals surface area contributed by atoms with Crippen molar-refractivity contribution < 1.29 is 9.90 Å². The van der Waals surface area contributed by atoms with Crippen LogP contribution in [-0.2, 0) is 0 Å². The smallest absolute Gasteiger partial charge is 0.335 e. The fourth-order valence-electron chi connectivity index (χ4n) is 4.80. The maximum Gasteiger partial charge on any atom is 0.335 e. The van der Waals surface area contributed by atoms with E-state index in [1.165, 1.54) is 24.8 Å². The molecule has 1 N–H and O–H groups in total. The minimum absolute atomic E-state index is 0.345. The number of nitrogens with zero attached hydrogens (tertiary/aromatic N) is 2. The van der Waals surface area contributed by atoms with Gasteiger partial charge in [0.25, 0.3) is 0 Å². The van der Waals surface area contributed by atoms with Gasteiger partial charge in [0, 0.05) is 38.4 Å². The van der Waals surface area contributed by atoms with Crippen molar-refractivity contribution in [3.05, 3.63) is 71.3 Å². The van der Waals surface area contributed by atoms with Crippen molar-refractivity contribution in [2.75, 3.05) is 37.6 Å². The first-order chi connectivity index (χ1) is 14.4. The number of allylic oxidation sites excluding steroid dienone is 1. The van der Waals surface area contributed by atoms with Crippen molar-refractivity contribution >= 4 is 17.2 Å². The van der Waals surface area contributed by atoms with E-state index in [-0.39, 0.29) is 0 Å².